The monoisotopic (exact) mass is 343 g/mol. The number of aliphatic hydroxyl groups excluding tert-OH is 1. The van der Waals surface area contributed by atoms with Crippen molar-refractivity contribution in [3.63, 3.8) is 0 Å². The summed E-state index contributed by atoms with van der Waals surface area (Å²) in [6.45, 7) is 9.13. The maximum absolute atomic E-state index is 12.7. The fraction of sp³-hybridized carbons (Fsp3) is 0.550. The number of hydrogen-bond acceptors (Lipinski definition) is 3. The summed E-state index contributed by atoms with van der Waals surface area (Å²) in [5, 5.41) is 10.8. The third-order valence-corrected chi connectivity index (χ3v) is 5.16. The van der Waals surface area contributed by atoms with E-state index in [4.69, 9.17) is 0 Å². The first kappa shape index (κ1) is 18.0. The molecule has 1 aromatic heterocycles. The molecule has 1 saturated heterocycles. The van der Waals surface area contributed by atoms with Gasteiger partial charge in [-0.25, -0.2) is 0 Å². The summed E-state index contributed by atoms with van der Waals surface area (Å²) in [6.07, 6.45) is 3.03. The molecule has 2 heterocycles. The van der Waals surface area contributed by atoms with E-state index in [-0.39, 0.29) is 18.1 Å². The minimum Gasteiger partial charge on any atom is -0.392 e. The molecule has 0 aliphatic carbocycles. The number of aromatic amines is 1. The van der Waals surface area contributed by atoms with Crippen LogP contribution in [0.25, 0.3) is 10.9 Å². The van der Waals surface area contributed by atoms with Crippen LogP contribution in [0.4, 0.5) is 0 Å². The van der Waals surface area contributed by atoms with E-state index in [1.54, 1.807) is 0 Å². The second-order valence-corrected chi connectivity index (χ2v) is 7.36. The smallest absolute Gasteiger partial charge is 0.223 e. The summed E-state index contributed by atoms with van der Waals surface area (Å²) < 4.78 is 0. The van der Waals surface area contributed by atoms with Crippen molar-refractivity contribution >= 4 is 16.8 Å². The molecule has 1 amide bonds. The van der Waals surface area contributed by atoms with Crippen molar-refractivity contribution in [2.75, 3.05) is 26.2 Å². The zero-order valence-electron chi connectivity index (χ0n) is 15.5. The molecule has 1 fully saturated rings. The standard InChI is InChI=1S/C20H29N3O2/c1-14-5-4-6-18-20(14)17(11-21-18)7-8-19(25)23-10-9-22(12-15(23)2)13-16(3)24/h4-6,11,15-16,21,24H,7-10,12-13H2,1-3H3. The molecule has 2 unspecified atom stereocenters. The number of hydrogen-bond donors (Lipinski definition) is 2. The van der Waals surface area contributed by atoms with Gasteiger partial charge in [-0.2, -0.15) is 0 Å². The Hall–Kier alpha value is -1.85. The Bertz CT molecular complexity index is 738. The summed E-state index contributed by atoms with van der Waals surface area (Å²) in [7, 11) is 0. The average Bonchev–Trinajstić information content (AvgIpc) is 2.97. The lowest BCUT2D eigenvalue weighted by Crippen LogP contribution is -2.55. The van der Waals surface area contributed by atoms with Gasteiger partial charge in [0.2, 0.25) is 5.91 Å². The number of aryl methyl sites for hydroxylation is 2. The highest BCUT2D eigenvalue weighted by atomic mass is 16.3. The number of aliphatic hydroxyl groups is 1. The van der Waals surface area contributed by atoms with Crippen LogP contribution in [0.1, 0.15) is 31.4 Å². The van der Waals surface area contributed by atoms with Crippen molar-refractivity contribution in [1.82, 2.24) is 14.8 Å². The number of carbonyl (C=O) groups excluding carboxylic acids is 1. The van der Waals surface area contributed by atoms with Crippen LogP contribution in [-0.4, -0.2) is 64.1 Å². The first-order valence-electron chi connectivity index (χ1n) is 9.21. The quantitative estimate of drug-likeness (QED) is 0.876. The molecule has 2 N–H and O–H groups in total. The predicted molar refractivity (Wildman–Crippen MR) is 101 cm³/mol. The van der Waals surface area contributed by atoms with Crippen LogP contribution < -0.4 is 0 Å². The fourth-order valence-electron chi connectivity index (χ4n) is 3.98. The van der Waals surface area contributed by atoms with Gasteiger partial charge in [-0.15, -0.1) is 0 Å². The van der Waals surface area contributed by atoms with E-state index in [1.165, 1.54) is 16.5 Å². The molecule has 5 heteroatoms. The highest BCUT2D eigenvalue weighted by Gasteiger charge is 2.27. The molecule has 2 aromatic rings. The van der Waals surface area contributed by atoms with Gasteiger partial charge >= 0.3 is 0 Å². The van der Waals surface area contributed by atoms with Crippen molar-refractivity contribution < 1.29 is 9.90 Å². The second-order valence-electron chi connectivity index (χ2n) is 7.36. The van der Waals surface area contributed by atoms with Crippen molar-refractivity contribution in [1.29, 1.82) is 0 Å². The second kappa shape index (κ2) is 7.58. The molecule has 0 bridgehead atoms. The summed E-state index contributed by atoms with van der Waals surface area (Å²) in [6, 6.07) is 6.45. The maximum Gasteiger partial charge on any atom is 0.223 e. The van der Waals surface area contributed by atoms with Crippen LogP contribution in [0.15, 0.2) is 24.4 Å². The highest BCUT2D eigenvalue weighted by molar-refractivity contribution is 5.87. The number of nitrogens with one attached hydrogen (secondary N) is 1. The number of benzene rings is 1. The molecule has 3 rings (SSSR count). The van der Waals surface area contributed by atoms with E-state index in [0.29, 0.717) is 13.0 Å². The van der Waals surface area contributed by atoms with Gasteiger partial charge in [-0.05, 0) is 44.4 Å². The number of amides is 1. The van der Waals surface area contributed by atoms with Gasteiger partial charge in [0.1, 0.15) is 0 Å². The number of carbonyl (C=O) groups is 1. The van der Waals surface area contributed by atoms with E-state index in [0.717, 1.165) is 31.6 Å². The fourth-order valence-corrected chi connectivity index (χ4v) is 3.98. The molecular weight excluding hydrogens is 314 g/mol. The Morgan fingerprint density at radius 2 is 2.20 bits per heavy atom. The van der Waals surface area contributed by atoms with Crippen LogP contribution >= 0.6 is 0 Å². The molecule has 1 aliphatic rings. The number of aromatic nitrogens is 1. The normalized spacial score (nSPS) is 20.2. The van der Waals surface area contributed by atoms with Gasteiger partial charge < -0.3 is 15.0 Å². The van der Waals surface area contributed by atoms with Crippen LogP contribution in [0.5, 0.6) is 0 Å². The van der Waals surface area contributed by atoms with E-state index in [9.17, 15) is 9.90 Å². The topological polar surface area (TPSA) is 59.6 Å². The molecule has 5 nitrogen and oxygen atoms in total. The van der Waals surface area contributed by atoms with Crippen LogP contribution in [0.3, 0.4) is 0 Å². The third-order valence-electron chi connectivity index (χ3n) is 5.16. The van der Waals surface area contributed by atoms with Crippen LogP contribution in [-0.2, 0) is 11.2 Å². The van der Waals surface area contributed by atoms with Crippen LogP contribution in [0.2, 0.25) is 0 Å². The summed E-state index contributed by atoms with van der Waals surface area (Å²) in [4.78, 5) is 20.2. The Kier molecular flexibility index (Phi) is 5.45. The predicted octanol–water partition coefficient (Wildman–Crippen LogP) is 2.32. The number of fused-ring (bicyclic) bond motifs is 1. The summed E-state index contributed by atoms with van der Waals surface area (Å²) in [5.41, 5.74) is 3.62. The van der Waals surface area contributed by atoms with Crippen molar-refractivity contribution in [2.24, 2.45) is 0 Å². The van der Waals surface area contributed by atoms with E-state index in [2.05, 4.69) is 41.9 Å². The SMILES string of the molecule is Cc1cccc2[nH]cc(CCC(=O)N3CCN(CC(C)O)CC3C)c12. The largest absolute Gasteiger partial charge is 0.392 e. The molecule has 25 heavy (non-hydrogen) atoms. The Morgan fingerprint density at radius 1 is 1.40 bits per heavy atom. The molecule has 2 atom stereocenters. The molecule has 0 saturated carbocycles. The molecule has 0 radical (unpaired) electrons. The zero-order chi connectivity index (χ0) is 18.0. The van der Waals surface area contributed by atoms with Gasteiger partial charge in [0.15, 0.2) is 0 Å². The van der Waals surface area contributed by atoms with E-state index in [1.807, 2.05) is 18.0 Å². The lowest BCUT2D eigenvalue weighted by molar-refractivity contribution is -0.135. The first-order chi connectivity index (χ1) is 12.0. The molecule has 1 aromatic carbocycles. The molecule has 1 aliphatic heterocycles. The highest BCUT2D eigenvalue weighted by Crippen LogP contribution is 2.23. The van der Waals surface area contributed by atoms with E-state index >= 15 is 0 Å². The maximum atomic E-state index is 12.7. The van der Waals surface area contributed by atoms with Gasteiger partial charge in [0.05, 0.1) is 6.10 Å². The summed E-state index contributed by atoms with van der Waals surface area (Å²) >= 11 is 0. The zero-order valence-corrected chi connectivity index (χ0v) is 15.5. The first-order valence-corrected chi connectivity index (χ1v) is 9.21. The number of β-amino-alcohol motifs (C(OH)–C–C–N with tert-alkyl or cyclic N) is 1. The third kappa shape index (κ3) is 4.05. The average molecular weight is 343 g/mol. The number of nitrogens with zero attached hydrogens (tertiary/aromatic N) is 2. The minimum absolute atomic E-state index is 0.199. The number of rotatable bonds is 5. The Morgan fingerprint density at radius 3 is 2.92 bits per heavy atom. The van der Waals surface area contributed by atoms with Gasteiger partial charge in [0.25, 0.3) is 0 Å². The van der Waals surface area contributed by atoms with Crippen molar-refractivity contribution in [3.8, 4) is 0 Å². The molecular formula is C20H29N3O2. The van der Waals surface area contributed by atoms with Gasteiger partial charge in [-0.3, -0.25) is 9.69 Å². The van der Waals surface area contributed by atoms with Crippen molar-refractivity contribution in [3.05, 3.63) is 35.5 Å². The molecule has 0 spiro atoms. The van der Waals surface area contributed by atoms with Gasteiger partial charge in [-0.1, -0.05) is 12.1 Å². The minimum atomic E-state index is -0.320. The Balaban J connectivity index is 1.59. The molecule has 136 valence electrons. The van der Waals surface area contributed by atoms with Gasteiger partial charge in [0, 0.05) is 55.7 Å². The van der Waals surface area contributed by atoms with Crippen LogP contribution in [0, 0.1) is 6.92 Å². The lowest BCUT2D eigenvalue weighted by Gasteiger charge is -2.40. The number of piperazine rings is 1. The Labute approximate surface area is 149 Å². The van der Waals surface area contributed by atoms with Crippen molar-refractivity contribution in [2.45, 2.75) is 45.8 Å². The lowest BCUT2D eigenvalue weighted by atomic mass is 10.0. The number of H-pyrrole nitrogens is 1. The summed E-state index contributed by atoms with van der Waals surface area (Å²) in [5.74, 6) is 0.229. The van der Waals surface area contributed by atoms with E-state index < -0.39 is 0 Å².